The van der Waals surface area contributed by atoms with Crippen molar-refractivity contribution >= 4 is 17.2 Å². The summed E-state index contributed by atoms with van der Waals surface area (Å²) in [5, 5.41) is 20.2. The highest BCUT2D eigenvalue weighted by atomic mass is 32.1. The van der Waals surface area contributed by atoms with Gasteiger partial charge < -0.3 is 14.6 Å². The smallest absolute Gasteiger partial charge is 0.266 e. The molecule has 31 heavy (non-hydrogen) atoms. The molecular formula is C22H26N6O2S. The van der Waals surface area contributed by atoms with Gasteiger partial charge in [0.25, 0.3) is 5.91 Å². The summed E-state index contributed by atoms with van der Waals surface area (Å²) in [6.07, 6.45) is 0.272. The molecule has 1 saturated heterocycles. The van der Waals surface area contributed by atoms with Crippen molar-refractivity contribution in [2.24, 2.45) is 0 Å². The van der Waals surface area contributed by atoms with E-state index in [-0.39, 0.29) is 18.1 Å². The molecule has 2 aromatic heterocycles. The third-order valence-corrected chi connectivity index (χ3v) is 7.14. The second-order valence-corrected chi connectivity index (χ2v) is 9.52. The maximum Gasteiger partial charge on any atom is 0.266 e. The van der Waals surface area contributed by atoms with E-state index in [1.807, 2.05) is 36.9 Å². The Morgan fingerprint density at radius 1 is 1.19 bits per heavy atom. The van der Waals surface area contributed by atoms with E-state index in [2.05, 4.69) is 36.8 Å². The molecule has 1 N–H and O–H groups in total. The average molecular weight is 439 g/mol. The van der Waals surface area contributed by atoms with Gasteiger partial charge in [-0.15, -0.1) is 21.5 Å². The molecule has 1 amide bonds. The number of aliphatic hydroxyl groups is 1. The van der Waals surface area contributed by atoms with Crippen molar-refractivity contribution in [2.75, 3.05) is 13.1 Å². The normalized spacial score (nSPS) is 21.5. The lowest BCUT2D eigenvalue weighted by Gasteiger charge is -2.29. The highest BCUT2D eigenvalue weighted by molar-refractivity contribution is 7.13. The monoisotopic (exact) mass is 438 g/mol. The van der Waals surface area contributed by atoms with Crippen molar-refractivity contribution in [3.63, 3.8) is 0 Å². The van der Waals surface area contributed by atoms with Gasteiger partial charge in [0.05, 0.1) is 29.4 Å². The predicted molar refractivity (Wildman–Crippen MR) is 117 cm³/mol. The average Bonchev–Trinajstić information content (AvgIpc) is 3.43. The molecule has 0 bridgehead atoms. The van der Waals surface area contributed by atoms with Crippen LogP contribution in [-0.2, 0) is 19.6 Å². The van der Waals surface area contributed by atoms with Crippen LogP contribution in [0.4, 0.5) is 0 Å². The fraction of sp³-hybridized carbons (Fsp3) is 0.455. The highest BCUT2D eigenvalue weighted by Gasteiger charge is 2.37. The van der Waals surface area contributed by atoms with Crippen LogP contribution in [0.5, 0.6) is 0 Å². The molecule has 2 aliphatic heterocycles. The predicted octanol–water partition coefficient (Wildman–Crippen LogP) is 2.32. The number of benzene rings is 1. The lowest BCUT2D eigenvalue weighted by Crippen LogP contribution is -2.39. The van der Waals surface area contributed by atoms with Gasteiger partial charge >= 0.3 is 0 Å². The van der Waals surface area contributed by atoms with Crippen molar-refractivity contribution in [2.45, 2.75) is 52.0 Å². The maximum absolute atomic E-state index is 13.0. The topological polar surface area (TPSA) is 87.4 Å². The van der Waals surface area contributed by atoms with Crippen molar-refractivity contribution in [3.05, 3.63) is 63.1 Å². The summed E-state index contributed by atoms with van der Waals surface area (Å²) in [4.78, 5) is 22.2. The first kappa shape index (κ1) is 20.3. The first-order valence-electron chi connectivity index (χ1n) is 10.6. The minimum absolute atomic E-state index is 0.0147. The standard InChI is InChI=1S/C22H26N6O2S/c1-14-20(31-15(2)23-14)22(30)26-8-9-28-19(13-26)24-25-21(28)18-10-17(29)12-27(18)11-16-6-4-3-5-7-16/h3-7,17-18,29H,8-13H2,1-2H3/t17-,18+/m1/s1. The summed E-state index contributed by atoms with van der Waals surface area (Å²) in [6, 6.07) is 10.3. The van der Waals surface area contributed by atoms with E-state index in [1.165, 1.54) is 16.9 Å². The number of aromatic nitrogens is 4. The number of hydrogen-bond donors (Lipinski definition) is 1. The third-order valence-electron chi connectivity index (χ3n) is 6.07. The molecule has 0 radical (unpaired) electrons. The summed E-state index contributed by atoms with van der Waals surface area (Å²) in [5.74, 6) is 1.70. The lowest BCUT2D eigenvalue weighted by molar-refractivity contribution is 0.0708. The van der Waals surface area contributed by atoms with E-state index in [0.717, 1.165) is 28.9 Å². The Kier molecular flexibility index (Phi) is 5.33. The molecule has 4 heterocycles. The first-order valence-corrected chi connectivity index (χ1v) is 11.4. The van der Waals surface area contributed by atoms with E-state index in [9.17, 15) is 9.90 Å². The van der Waals surface area contributed by atoms with Gasteiger partial charge in [-0.1, -0.05) is 30.3 Å². The minimum atomic E-state index is -0.374. The van der Waals surface area contributed by atoms with Crippen molar-refractivity contribution in [1.29, 1.82) is 0 Å². The molecule has 2 aliphatic rings. The first-order chi connectivity index (χ1) is 15.0. The number of thiazole rings is 1. The van der Waals surface area contributed by atoms with E-state index in [4.69, 9.17) is 0 Å². The van der Waals surface area contributed by atoms with Gasteiger partial charge in [-0.2, -0.15) is 0 Å². The summed E-state index contributed by atoms with van der Waals surface area (Å²) < 4.78 is 2.13. The SMILES string of the molecule is Cc1nc(C)c(C(=O)N2CCn3c(nnc3[C@@H]3C[C@@H](O)CN3Cc3ccccc3)C2)s1. The molecule has 0 saturated carbocycles. The van der Waals surface area contributed by atoms with Crippen LogP contribution in [0.1, 0.15) is 50.0 Å². The second-order valence-electron chi connectivity index (χ2n) is 8.32. The number of fused-ring (bicyclic) bond motifs is 1. The number of nitrogens with zero attached hydrogens (tertiary/aromatic N) is 6. The molecule has 1 fully saturated rings. The number of β-amino-alcohol motifs (C(OH)–C–C–N with tert-alkyl or cyclic N) is 1. The zero-order valence-electron chi connectivity index (χ0n) is 17.7. The second kappa shape index (κ2) is 8.14. The van der Waals surface area contributed by atoms with Crippen LogP contribution in [0.25, 0.3) is 0 Å². The molecule has 2 atom stereocenters. The molecule has 162 valence electrons. The Morgan fingerprint density at radius 3 is 2.74 bits per heavy atom. The molecule has 3 aromatic rings. The van der Waals surface area contributed by atoms with Crippen molar-refractivity contribution in [1.82, 2.24) is 29.5 Å². The largest absolute Gasteiger partial charge is 0.392 e. The van der Waals surface area contributed by atoms with Crippen LogP contribution in [-0.4, -0.2) is 59.8 Å². The Labute approximate surface area is 185 Å². The van der Waals surface area contributed by atoms with Gasteiger partial charge in [-0.25, -0.2) is 4.98 Å². The molecule has 0 spiro atoms. The molecule has 1 aromatic carbocycles. The number of rotatable bonds is 4. The molecule has 0 aliphatic carbocycles. The van der Waals surface area contributed by atoms with Crippen LogP contribution in [0, 0.1) is 13.8 Å². The van der Waals surface area contributed by atoms with Crippen LogP contribution < -0.4 is 0 Å². The molecular weight excluding hydrogens is 412 g/mol. The number of aryl methyl sites for hydroxylation is 2. The van der Waals surface area contributed by atoms with Crippen molar-refractivity contribution in [3.8, 4) is 0 Å². The highest BCUT2D eigenvalue weighted by Crippen LogP contribution is 2.34. The van der Waals surface area contributed by atoms with E-state index < -0.39 is 0 Å². The zero-order valence-corrected chi connectivity index (χ0v) is 18.5. The van der Waals surface area contributed by atoms with Crippen LogP contribution in [0.15, 0.2) is 30.3 Å². The number of aliphatic hydroxyl groups excluding tert-OH is 1. The van der Waals surface area contributed by atoms with Gasteiger partial charge in [0.15, 0.2) is 11.6 Å². The number of carbonyl (C=O) groups excluding carboxylic acids is 1. The summed E-state index contributed by atoms with van der Waals surface area (Å²) >= 11 is 1.44. The Bertz CT molecular complexity index is 1090. The number of likely N-dealkylation sites (tertiary alicyclic amines) is 1. The summed E-state index contributed by atoms with van der Waals surface area (Å²) in [7, 11) is 0. The number of hydrogen-bond acceptors (Lipinski definition) is 7. The minimum Gasteiger partial charge on any atom is -0.392 e. The summed E-state index contributed by atoms with van der Waals surface area (Å²) in [6.45, 7) is 6.90. The van der Waals surface area contributed by atoms with Crippen molar-refractivity contribution < 1.29 is 9.90 Å². The van der Waals surface area contributed by atoms with Crippen LogP contribution in [0.3, 0.4) is 0 Å². The molecule has 0 unspecified atom stereocenters. The molecule has 8 nitrogen and oxygen atoms in total. The van der Waals surface area contributed by atoms with E-state index >= 15 is 0 Å². The fourth-order valence-corrected chi connectivity index (χ4v) is 5.50. The number of carbonyl (C=O) groups is 1. The van der Waals surface area contributed by atoms with E-state index in [0.29, 0.717) is 37.5 Å². The lowest BCUT2D eigenvalue weighted by atomic mass is 10.1. The van der Waals surface area contributed by atoms with Gasteiger partial charge in [0, 0.05) is 26.2 Å². The summed E-state index contributed by atoms with van der Waals surface area (Å²) in [5.41, 5.74) is 2.00. The Balaban J connectivity index is 1.35. The molecule has 9 heteroatoms. The van der Waals surface area contributed by atoms with Gasteiger partial charge in [-0.05, 0) is 25.8 Å². The van der Waals surface area contributed by atoms with Gasteiger partial charge in [0.2, 0.25) is 0 Å². The fourth-order valence-electron chi connectivity index (χ4n) is 4.61. The van der Waals surface area contributed by atoms with Gasteiger partial charge in [0.1, 0.15) is 4.88 Å². The number of amides is 1. The van der Waals surface area contributed by atoms with Crippen LogP contribution in [0.2, 0.25) is 0 Å². The Morgan fingerprint density at radius 2 is 2.00 bits per heavy atom. The Hall–Kier alpha value is -2.62. The third kappa shape index (κ3) is 3.88. The van der Waals surface area contributed by atoms with Gasteiger partial charge in [-0.3, -0.25) is 9.69 Å². The quantitative estimate of drug-likeness (QED) is 0.673. The zero-order chi connectivity index (χ0) is 21.5. The van der Waals surface area contributed by atoms with Crippen LogP contribution >= 0.6 is 11.3 Å². The maximum atomic E-state index is 13.0. The molecule has 5 rings (SSSR count). The van der Waals surface area contributed by atoms with E-state index in [1.54, 1.807) is 0 Å².